The third-order valence-electron chi connectivity index (χ3n) is 3.61. The molecule has 1 unspecified atom stereocenters. The first-order chi connectivity index (χ1) is 7.24. The molecule has 1 fully saturated rings. The lowest BCUT2D eigenvalue weighted by atomic mass is 9.84. The van der Waals surface area contributed by atoms with E-state index in [4.69, 9.17) is 0 Å². The van der Waals surface area contributed by atoms with Gasteiger partial charge in [0.15, 0.2) is 0 Å². The number of piperidine rings is 1. The number of nitrogens with one attached hydrogen (secondary N) is 1. The van der Waals surface area contributed by atoms with Crippen LogP contribution in [0.5, 0.6) is 0 Å². The summed E-state index contributed by atoms with van der Waals surface area (Å²) in [5.74, 6) is 1.20. The predicted octanol–water partition coefficient (Wildman–Crippen LogP) is 0.863. The average Bonchev–Trinajstić information content (AvgIpc) is 2.21. The van der Waals surface area contributed by atoms with E-state index in [-0.39, 0.29) is 5.56 Å². The maximum atomic E-state index is 11.9. The molecule has 3 nitrogen and oxygen atoms in total. The molecule has 3 heteroatoms. The van der Waals surface area contributed by atoms with Crippen molar-refractivity contribution in [3.63, 3.8) is 0 Å². The Labute approximate surface area is 89.1 Å². The second-order valence-electron chi connectivity index (χ2n) is 4.86. The summed E-state index contributed by atoms with van der Waals surface area (Å²) in [4.78, 5) is 11.9. The van der Waals surface area contributed by atoms with Gasteiger partial charge in [0.1, 0.15) is 0 Å². The molecule has 0 saturated carbocycles. The summed E-state index contributed by atoms with van der Waals surface area (Å²) in [6.45, 7) is 5.00. The van der Waals surface area contributed by atoms with Gasteiger partial charge in [0.25, 0.3) is 5.56 Å². The van der Waals surface area contributed by atoms with Crippen molar-refractivity contribution >= 4 is 0 Å². The Morgan fingerprint density at radius 2 is 2.27 bits per heavy atom. The molecule has 3 heterocycles. The van der Waals surface area contributed by atoms with E-state index in [0.717, 1.165) is 25.2 Å². The minimum atomic E-state index is 0.182. The number of fused-ring (bicyclic) bond motifs is 4. The van der Waals surface area contributed by atoms with Crippen LogP contribution in [-0.4, -0.2) is 17.7 Å². The average molecular weight is 204 g/mol. The van der Waals surface area contributed by atoms with E-state index in [1.165, 1.54) is 12.1 Å². The van der Waals surface area contributed by atoms with Crippen LogP contribution in [0.15, 0.2) is 16.9 Å². The van der Waals surface area contributed by atoms with Crippen LogP contribution in [0.1, 0.15) is 23.6 Å². The zero-order valence-corrected chi connectivity index (χ0v) is 8.99. The Hall–Kier alpha value is -1.09. The summed E-state index contributed by atoms with van der Waals surface area (Å²) >= 11 is 0. The summed E-state index contributed by atoms with van der Waals surface area (Å²) in [5.41, 5.74) is 2.51. The van der Waals surface area contributed by atoms with Gasteiger partial charge in [-0.2, -0.15) is 0 Å². The molecule has 2 aliphatic heterocycles. The topological polar surface area (TPSA) is 34.0 Å². The third kappa shape index (κ3) is 1.42. The van der Waals surface area contributed by atoms with Gasteiger partial charge in [0.05, 0.1) is 0 Å². The van der Waals surface area contributed by atoms with Crippen molar-refractivity contribution in [1.29, 1.82) is 0 Å². The lowest BCUT2D eigenvalue weighted by Gasteiger charge is -2.37. The number of aryl methyl sites for hydroxylation is 1. The van der Waals surface area contributed by atoms with E-state index in [9.17, 15) is 4.79 Å². The van der Waals surface area contributed by atoms with Crippen LogP contribution in [0.4, 0.5) is 0 Å². The Morgan fingerprint density at radius 1 is 1.40 bits per heavy atom. The van der Waals surface area contributed by atoms with Crippen LogP contribution >= 0.6 is 0 Å². The normalized spacial score (nSPS) is 28.6. The van der Waals surface area contributed by atoms with Gasteiger partial charge in [0, 0.05) is 30.8 Å². The summed E-state index contributed by atoms with van der Waals surface area (Å²) in [6, 6.07) is 3.92. The second-order valence-corrected chi connectivity index (χ2v) is 4.86. The van der Waals surface area contributed by atoms with Crippen LogP contribution in [-0.2, 0) is 6.54 Å². The Morgan fingerprint density at radius 3 is 3.13 bits per heavy atom. The molecule has 2 atom stereocenters. The minimum Gasteiger partial charge on any atom is -0.316 e. The largest absolute Gasteiger partial charge is 0.316 e. The lowest BCUT2D eigenvalue weighted by Crippen LogP contribution is -2.44. The first kappa shape index (κ1) is 9.16. The maximum absolute atomic E-state index is 11.9. The Bertz CT molecular complexity index is 449. The summed E-state index contributed by atoms with van der Waals surface area (Å²) in [6.07, 6.45) is 1.25. The van der Waals surface area contributed by atoms with E-state index >= 15 is 0 Å². The predicted molar refractivity (Wildman–Crippen MR) is 59.2 cm³/mol. The molecule has 1 saturated heterocycles. The van der Waals surface area contributed by atoms with Crippen molar-refractivity contribution in [2.24, 2.45) is 5.92 Å². The van der Waals surface area contributed by atoms with Gasteiger partial charge in [-0.25, -0.2) is 0 Å². The van der Waals surface area contributed by atoms with Crippen molar-refractivity contribution in [3.05, 3.63) is 33.7 Å². The van der Waals surface area contributed by atoms with E-state index in [2.05, 4.69) is 11.4 Å². The fourth-order valence-corrected chi connectivity index (χ4v) is 2.94. The highest BCUT2D eigenvalue weighted by molar-refractivity contribution is 5.22. The SMILES string of the molecule is Cc1cc2n(c(=O)c1)CC1CNC[C@@H]2C1. The molecule has 80 valence electrons. The number of pyridine rings is 1. The van der Waals surface area contributed by atoms with E-state index in [0.29, 0.717) is 11.8 Å². The molecule has 2 aliphatic rings. The third-order valence-corrected chi connectivity index (χ3v) is 3.61. The summed E-state index contributed by atoms with van der Waals surface area (Å²) in [5, 5.41) is 3.45. The van der Waals surface area contributed by atoms with Crippen LogP contribution in [0.25, 0.3) is 0 Å². The number of nitrogens with zero attached hydrogens (tertiary/aromatic N) is 1. The van der Waals surface area contributed by atoms with E-state index in [1.807, 2.05) is 11.5 Å². The van der Waals surface area contributed by atoms with E-state index in [1.54, 1.807) is 6.07 Å². The molecule has 15 heavy (non-hydrogen) atoms. The standard InChI is InChI=1S/C12H16N2O/c1-8-2-11-10-4-9(5-13-6-10)7-14(11)12(15)3-8/h2-3,9-10,13H,4-7H2,1H3/t9?,10-/m0/s1. The highest BCUT2D eigenvalue weighted by Gasteiger charge is 2.30. The summed E-state index contributed by atoms with van der Waals surface area (Å²) < 4.78 is 1.98. The first-order valence-electron chi connectivity index (χ1n) is 5.66. The zero-order chi connectivity index (χ0) is 10.4. The van der Waals surface area contributed by atoms with Crippen molar-refractivity contribution in [3.8, 4) is 0 Å². The molecule has 3 rings (SSSR count). The monoisotopic (exact) mass is 204 g/mol. The van der Waals surface area contributed by atoms with Crippen LogP contribution in [0, 0.1) is 12.8 Å². The van der Waals surface area contributed by atoms with Gasteiger partial charge >= 0.3 is 0 Å². The van der Waals surface area contributed by atoms with Gasteiger partial charge in [-0.05, 0) is 37.4 Å². The fraction of sp³-hybridized carbons (Fsp3) is 0.583. The van der Waals surface area contributed by atoms with Crippen molar-refractivity contribution in [2.45, 2.75) is 25.8 Å². The van der Waals surface area contributed by atoms with Crippen molar-refractivity contribution in [2.75, 3.05) is 13.1 Å². The fourth-order valence-electron chi connectivity index (χ4n) is 2.94. The number of hydrogen-bond donors (Lipinski definition) is 1. The number of rotatable bonds is 0. The molecule has 0 amide bonds. The molecular weight excluding hydrogens is 188 g/mol. The van der Waals surface area contributed by atoms with E-state index < -0.39 is 0 Å². The van der Waals surface area contributed by atoms with Gasteiger partial charge in [-0.1, -0.05) is 0 Å². The zero-order valence-electron chi connectivity index (χ0n) is 8.99. The number of aromatic nitrogens is 1. The molecule has 1 N–H and O–H groups in total. The summed E-state index contributed by atoms with van der Waals surface area (Å²) in [7, 11) is 0. The molecule has 0 radical (unpaired) electrons. The molecule has 1 aromatic rings. The highest BCUT2D eigenvalue weighted by Crippen LogP contribution is 2.31. The first-order valence-corrected chi connectivity index (χ1v) is 5.66. The Balaban J connectivity index is 2.17. The van der Waals surface area contributed by atoms with Gasteiger partial charge in [0.2, 0.25) is 0 Å². The lowest BCUT2D eigenvalue weighted by molar-refractivity contribution is 0.257. The highest BCUT2D eigenvalue weighted by atomic mass is 16.1. The van der Waals surface area contributed by atoms with Crippen molar-refractivity contribution < 1.29 is 0 Å². The van der Waals surface area contributed by atoms with Gasteiger partial charge in [-0.3, -0.25) is 4.79 Å². The second kappa shape index (κ2) is 3.20. The molecule has 0 spiro atoms. The Kier molecular flexibility index (Phi) is 1.96. The quantitative estimate of drug-likeness (QED) is 0.680. The number of hydrogen-bond acceptors (Lipinski definition) is 2. The van der Waals surface area contributed by atoms with Gasteiger partial charge in [-0.15, -0.1) is 0 Å². The smallest absolute Gasteiger partial charge is 0.250 e. The van der Waals surface area contributed by atoms with Crippen LogP contribution < -0.4 is 10.9 Å². The maximum Gasteiger partial charge on any atom is 0.250 e. The molecular formula is C12H16N2O. The molecule has 2 bridgehead atoms. The van der Waals surface area contributed by atoms with Gasteiger partial charge < -0.3 is 9.88 Å². The molecule has 0 aliphatic carbocycles. The molecule has 0 aromatic carbocycles. The molecule has 1 aromatic heterocycles. The van der Waals surface area contributed by atoms with Crippen LogP contribution in [0.2, 0.25) is 0 Å². The van der Waals surface area contributed by atoms with Crippen molar-refractivity contribution in [1.82, 2.24) is 9.88 Å². The van der Waals surface area contributed by atoms with Crippen LogP contribution in [0.3, 0.4) is 0 Å². The minimum absolute atomic E-state index is 0.182.